The number of nitrogens with zero attached hydrogens (tertiary/aromatic N) is 2. The normalized spacial score (nSPS) is 16.4. The molecule has 1 saturated heterocycles. The summed E-state index contributed by atoms with van der Waals surface area (Å²) >= 11 is 0. The van der Waals surface area contributed by atoms with Crippen LogP contribution in [0.25, 0.3) is 0 Å². The van der Waals surface area contributed by atoms with E-state index in [4.69, 9.17) is 0 Å². The largest absolute Gasteiger partial charge is 0.337 e. The van der Waals surface area contributed by atoms with Gasteiger partial charge in [0.1, 0.15) is 0 Å². The molecule has 5 nitrogen and oxygen atoms in total. The van der Waals surface area contributed by atoms with Crippen molar-refractivity contribution in [3.05, 3.63) is 65.7 Å². The van der Waals surface area contributed by atoms with E-state index >= 15 is 0 Å². The van der Waals surface area contributed by atoms with Crippen molar-refractivity contribution in [2.75, 3.05) is 31.5 Å². The predicted octanol–water partition coefficient (Wildman–Crippen LogP) is 3.17. The number of nitrogens with one attached hydrogen (secondary N) is 1. The third kappa shape index (κ3) is 4.95. The van der Waals surface area contributed by atoms with Gasteiger partial charge in [0.05, 0.1) is 6.04 Å². The lowest BCUT2D eigenvalue weighted by Crippen LogP contribution is -2.44. The predicted molar refractivity (Wildman–Crippen MR) is 108 cm³/mol. The minimum absolute atomic E-state index is 0.0142. The molecule has 142 valence electrons. The molecule has 1 N–H and O–H groups in total. The average molecular weight is 365 g/mol. The molecule has 2 aromatic carbocycles. The number of para-hydroxylation sites is 1. The number of carbonyl (C=O) groups excluding carboxylic acids is 2. The Bertz CT molecular complexity index is 791. The summed E-state index contributed by atoms with van der Waals surface area (Å²) in [5.74, 6) is 0.0570. The highest BCUT2D eigenvalue weighted by atomic mass is 16.2. The Morgan fingerprint density at radius 2 is 1.74 bits per heavy atom. The zero-order valence-corrected chi connectivity index (χ0v) is 16.0. The van der Waals surface area contributed by atoms with Crippen molar-refractivity contribution in [3.63, 3.8) is 0 Å². The second-order valence-corrected chi connectivity index (χ2v) is 7.08. The van der Waals surface area contributed by atoms with Crippen LogP contribution in [-0.4, -0.2) is 53.8 Å². The maximum Gasteiger partial charge on any atom is 0.253 e. The minimum atomic E-state index is -0.237. The van der Waals surface area contributed by atoms with Gasteiger partial charge in [-0.05, 0) is 44.5 Å². The van der Waals surface area contributed by atoms with Crippen molar-refractivity contribution >= 4 is 17.5 Å². The van der Waals surface area contributed by atoms with E-state index in [-0.39, 0.29) is 17.9 Å². The molecule has 27 heavy (non-hydrogen) atoms. The van der Waals surface area contributed by atoms with Gasteiger partial charge in [-0.1, -0.05) is 35.9 Å². The number of amides is 2. The molecule has 3 rings (SSSR count). The van der Waals surface area contributed by atoms with E-state index in [2.05, 4.69) is 10.2 Å². The molecule has 0 spiro atoms. The molecule has 0 saturated carbocycles. The number of carbonyl (C=O) groups is 2. The van der Waals surface area contributed by atoms with Gasteiger partial charge >= 0.3 is 0 Å². The van der Waals surface area contributed by atoms with Crippen molar-refractivity contribution in [1.29, 1.82) is 0 Å². The maximum absolute atomic E-state index is 12.8. The van der Waals surface area contributed by atoms with Crippen LogP contribution in [0.2, 0.25) is 0 Å². The topological polar surface area (TPSA) is 52.7 Å². The minimum Gasteiger partial charge on any atom is -0.337 e. The number of hydrogen-bond acceptors (Lipinski definition) is 3. The maximum atomic E-state index is 12.8. The molecule has 0 bridgehead atoms. The summed E-state index contributed by atoms with van der Waals surface area (Å²) in [7, 11) is 0. The summed E-state index contributed by atoms with van der Waals surface area (Å²) < 4.78 is 0. The van der Waals surface area contributed by atoms with Crippen molar-refractivity contribution in [1.82, 2.24) is 9.80 Å². The van der Waals surface area contributed by atoms with E-state index in [0.717, 1.165) is 36.3 Å². The number of benzene rings is 2. The van der Waals surface area contributed by atoms with E-state index in [1.54, 1.807) is 0 Å². The third-order valence-electron chi connectivity index (χ3n) is 5.05. The third-order valence-corrected chi connectivity index (χ3v) is 5.05. The Balaban J connectivity index is 1.59. The van der Waals surface area contributed by atoms with E-state index in [0.29, 0.717) is 13.1 Å². The first kappa shape index (κ1) is 19.1. The zero-order valence-electron chi connectivity index (χ0n) is 16.0. The van der Waals surface area contributed by atoms with Crippen LogP contribution in [0.1, 0.15) is 29.3 Å². The summed E-state index contributed by atoms with van der Waals surface area (Å²) in [5.41, 5.74) is 2.63. The van der Waals surface area contributed by atoms with Crippen LogP contribution in [-0.2, 0) is 4.79 Å². The Hall–Kier alpha value is -2.66. The van der Waals surface area contributed by atoms with Crippen molar-refractivity contribution in [3.8, 4) is 0 Å². The van der Waals surface area contributed by atoms with Crippen LogP contribution in [0.4, 0.5) is 5.69 Å². The fraction of sp³-hybridized carbons (Fsp3) is 0.364. The van der Waals surface area contributed by atoms with E-state index in [1.807, 2.05) is 73.3 Å². The average Bonchev–Trinajstić information content (AvgIpc) is 2.94. The molecule has 1 atom stereocenters. The van der Waals surface area contributed by atoms with Gasteiger partial charge in [0.2, 0.25) is 5.91 Å². The Morgan fingerprint density at radius 1 is 0.963 bits per heavy atom. The van der Waals surface area contributed by atoms with Gasteiger partial charge in [0.25, 0.3) is 5.91 Å². The Morgan fingerprint density at radius 3 is 2.48 bits per heavy atom. The first-order valence-electron chi connectivity index (χ1n) is 9.50. The standard InChI is InChI=1S/C22H27N3O2/c1-17-8-6-9-19(16-17)22(27)25-13-7-12-24(14-15-25)18(2)21(26)23-20-10-4-3-5-11-20/h3-6,8-11,16,18H,7,12-15H2,1-2H3,(H,23,26). The molecule has 1 fully saturated rings. The van der Waals surface area contributed by atoms with Gasteiger partial charge in [-0.25, -0.2) is 0 Å². The van der Waals surface area contributed by atoms with Gasteiger partial charge in [0, 0.05) is 37.4 Å². The van der Waals surface area contributed by atoms with Gasteiger partial charge < -0.3 is 10.2 Å². The summed E-state index contributed by atoms with van der Waals surface area (Å²) in [5, 5.41) is 2.96. The lowest BCUT2D eigenvalue weighted by molar-refractivity contribution is -0.120. The first-order chi connectivity index (χ1) is 13.0. The summed E-state index contributed by atoms with van der Waals surface area (Å²) in [6.07, 6.45) is 0.862. The van der Waals surface area contributed by atoms with Gasteiger partial charge in [-0.2, -0.15) is 0 Å². The highest BCUT2D eigenvalue weighted by Gasteiger charge is 2.26. The summed E-state index contributed by atoms with van der Waals surface area (Å²) in [4.78, 5) is 29.4. The molecule has 0 aromatic heterocycles. The van der Waals surface area contributed by atoms with E-state index in [1.165, 1.54) is 0 Å². The van der Waals surface area contributed by atoms with Crippen molar-refractivity contribution < 1.29 is 9.59 Å². The molecule has 0 radical (unpaired) electrons. The lowest BCUT2D eigenvalue weighted by Gasteiger charge is -2.27. The molecule has 5 heteroatoms. The fourth-order valence-electron chi connectivity index (χ4n) is 3.42. The highest BCUT2D eigenvalue weighted by Crippen LogP contribution is 2.14. The number of rotatable bonds is 4. The SMILES string of the molecule is Cc1cccc(C(=O)N2CCCN(C(C)C(=O)Nc3ccccc3)CC2)c1. The van der Waals surface area contributed by atoms with Gasteiger partial charge in [0.15, 0.2) is 0 Å². The van der Waals surface area contributed by atoms with Crippen molar-refractivity contribution in [2.24, 2.45) is 0 Å². The zero-order chi connectivity index (χ0) is 19.2. The smallest absolute Gasteiger partial charge is 0.253 e. The number of hydrogen-bond donors (Lipinski definition) is 1. The second kappa shape index (κ2) is 8.82. The van der Waals surface area contributed by atoms with Crippen LogP contribution in [0, 0.1) is 6.92 Å². The molecular weight excluding hydrogens is 338 g/mol. The molecule has 0 aliphatic carbocycles. The van der Waals surface area contributed by atoms with Crippen LogP contribution in [0.5, 0.6) is 0 Å². The van der Waals surface area contributed by atoms with Crippen LogP contribution >= 0.6 is 0 Å². The van der Waals surface area contributed by atoms with Crippen LogP contribution < -0.4 is 5.32 Å². The molecule has 2 amide bonds. The van der Waals surface area contributed by atoms with Crippen LogP contribution in [0.15, 0.2) is 54.6 Å². The first-order valence-corrected chi connectivity index (χ1v) is 9.50. The van der Waals surface area contributed by atoms with Crippen molar-refractivity contribution in [2.45, 2.75) is 26.3 Å². The fourth-order valence-corrected chi connectivity index (χ4v) is 3.42. The Labute approximate surface area is 161 Å². The summed E-state index contributed by atoms with van der Waals surface area (Å²) in [6, 6.07) is 17.0. The summed E-state index contributed by atoms with van der Waals surface area (Å²) in [6.45, 7) is 6.78. The number of anilines is 1. The highest BCUT2D eigenvalue weighted by molar-refractivity contribution is 5.95. The van der Waals surface area contributed by atoms with Gasteiger partial charge in [-0.15, -0.1) is 0 Å². The van der Waals surface area contributed by atoms with Gasteiger partial charge in [-0.3, -0.25) is 14.5 Å². The molecular formula is C22H27N3O2. The van der Waals surface area contributed by atoms with Crippen LogP contribution in [0.3, 0.4) is 0 Å². The van der Waals surface area contributed by atoms with E-state index < -0.39 is 0 Å². The molecule has 1 unspecified atom stereocenters. The second-order valence-electron chi connectivity index (χ2n) is 7.08. The molecule has 2 aromatic rings. The van der Waals surface area contributed by atoms with E-state index in [9.17, 15) is 9.59 Å². The molecule has 1 heterocycles. The quantitative estimate of drug-likeness (QED) is 0.905. The number of aryl methyl sites for hydroxylation is 1. The lowest BCUT2D eigenvalue weighted by atomic mass is 10.1. The Kier molecular flexibility index (Phi) is 6.24. The monoisotopic (exact) mass is 365 g/mol. The molecule has 1 aliphatic rings. The molecule has 1 aliphatic heterocycles.